The topological polar surface area (TPSA) is 64.6 Å². The molecule has 0 heterocycles. The highest BCUT2D eigenvalue weighted by Gasteiger charge is 2.16. The van der Waals surface area contributed by atoms with Crippen molar-refractivity contribution in [2.24, 2.45) is 0 Å². The van der Waals surface area contributed by atoms with Gasteiger partial charge in [-0.1, -0.05) is 0 Å². The first kappa shape index (κ1) is 17.3. The maximum absolute atomic E-state index is 13.7. The Balaban J connectivity index is 1.95. The summed E-state index contributed by atoms with van der Waals surface area (Å²) in [5.74, 6) is -4.35. The summed E-state index contributed by atoms with van der Waals surface area (Å²) in [7, 11) is 1.34. The van der Waals surface area contributed by atoms with Crippen molar-refractivity contribution in [3.05, 3.63) is 59.4 Å². The Labute approximate surface area is 135 Å². The van der Waals surface area contributed by atoms with Crippen LogP contribution in [0.1, 0.15) is 10.4 Å². The molecule has 2 rings (SSSR count). The third kappa shape index (κ3) is 4.25. The summed E-state index contributed by atoms with van der Waals surface area (Å²) in [6, 6.07) is 6.06. The summed E-state index contributed by atoms with van der Waals surface area (Å²) in [6.07, 6.45) is 0. The van der Waals surface area contributed by atoms with Gasteiger partial charge in [0.2, 0.25) is 0 Å². The Hall–Kier alpha value is -3.03. The van der Waals surface area contributed by atoms with Crippen molar-refractivity contribution < 1.29 is 32.2 Å². The van der Waals surface area contributed by atoms with Gasteiger partial charge in [0.05, 0.1) is 18.4 Å². The molecule has 0 spiro atoms. The van der Waals surface area contributed by atoms with Crippen molar-refractivity contribution in [1.29, 1.82) is 0 Å². The van der Waals surface area contributed by atoms with Gasteiger partial charge in [0, 0.05) is 12.1 Å². The molecule has 0 radical (unpaired) electrons. The summed E-state index contributed by atoms with van der Waals surface area (Å²) in [5.41, 5.74) is -0.648. The molecule has 0 bridgehead atoms. The highest BCUT2D eigenvalue weighted by molar-refractivity contribution is 5.95. The van der Waals surface area contributed by atoms with Crippen LogP contribution in [0.2, 0.25) is 0 Å². The molecule has 126 valence electrons. The zero-order valence-electron chi connectivity index (χ0n) is 12.4. The van der Waals surface area contributed by atoms with Crippen LogP contribution < -0.4 is 10.1 Å². The molecule has 0 fully saturated rings. The van der Waals surface area contributed by atoms with E-state index >= 15 is 0 Å². The van der Waals surface area contributed by atoms with Crippen molar-refractivity contribution in [3.8, 4) is 5.75 Å². The maximum Gasteiger partial charge on any atom is 0.341 e. The number of methoxy groups -OCH3 is 1. The Bertz CT molecular complexity index is 780. The van der Waals surface area contributed by atoms with E-state index in [1.165, 1.54) is 13.2 Å². The van der Waals surface area contributed by atoms with E-state index in [9.17, 15) is 22.8 Å². The second kappa shape index (κ2) is 7.49. The van der Waals surface area contributed by atoms with E-state index in [0.29, 0.717) is 6.07 Å². The Morgan fingerprint density at radius 2 is 1.79 bits per heavy atom. The highest BCUT2D eigenvalue weighted by atomic mass is 19.1. The summed E-state index contributed by atoms with van der Waals surface area (Å²) < 4.78 is 49.3. The third-order valence-corrected chi connectivity index (χ3v) is 2.94. The minimum atomic E-state index is -1.06. The standard InChI is InChI=1S/C16H12F3NO4/c1-23-10-3-4-11(12(18)7-10)16(22)24-8-15(21)20-14-5-2-9(17)6-13(14)19/h2-7H,8H2,1H3,(H,20,21). The molecule has 5 nitrogen and oxygen atoms in total. The lowest BCUT2D eigenvalue weighted by atomic mass is 10.2. The lowest BCUT2D eigenvalue weighted by Gasteiger charge is -2.08. The van der Waals surface area contributed by atoms with Crippen LogP contribution >= 0.6 is 0 Å². The minimum absolute atomic E-state index is 0.216. The molecule has 8 heteroatoms. The molecule has 0 atom stereocenters. The molecule has 0 saturated heterocycles. The lowest BCUT2D eigenvalue weighted by molar-refractivity contribution is -0.119. The molecule has 1 amide bonds. The zero-order valence-corrected chi connectivity index (χ0v) is 12.4. The number of carbonyl (C=O) groups excluding carboxylic acids is 2. The summed E-state index contributed by atoms with van der Waals surface area (Å²) in [6.45, 7) is -0.763. The Morgan fingerprint density at radius 1 is 1.04 bits per heavy atom. The van der Waals surface area contributed by atoms with Gasteiger partial charge in [-0.25, -0.2) is 18.0 Å². The number of nitrogens with one attached hydrogen (secondary N) is 1. The van der Waals surface area contributed by atoms with E-state index in [1.807, 2.05) is 0 Å². The van der Waals surface area contributed by atoms with E-state index in [-0.39, 0.29) is 17.0 Å². The number of carbonyl (C=O) groups is 2. The minimum Gasteiger partial charge on any atom is -0.497 e. The molecule has 1 N–H and O–H groups in total. The number of halogens is 3. The molecule has 0 aliphatic rings. The van der Waals surface area contributed by atoms with E-state index < -0.39 is 35.9 Å². The number of hydrogen-bond donors (Lipinski definition) is 1. The average molecular weight is 339 g/mol. The van der Waals surface area contributed by atoms with Crippen molar-refractivity contribution >= 4 is 17.6 Å². The predicted molar refractivity (Wildman–Crippen MR) is 78.2 cm³/mol. The van der Waals surface area contributed by atoms with Crippen molar-refractivity contribution in [2.45, 2.75) is 0 Å². The second-order valence-corrected chi connectivity index (χ2v) is 4.59. The molecule has 2 aromatic carbocycles. The normalized spacial score (nSPS) is 10.2. The van der Waals surface area contributed by atoms with Crippen LogP contribution in [0.25, 0.3) is 0 Å². The molecular formula is C16H12F3NO4. The Kier molecular flexibility index (Phi) is 5.41. The molecule has 0 unspecified atom stereocenters. The fourth-order valence-electron chi connectivity index (χ4n) is 1.77. The van der Waals surface area contributed by atoms with Crippen LogP contribution in [0.3, 0.4) is 0 Å². The molecular weight excluding hydrogens is 327 g/mol. The van der Waals surface area contributed by atoms with Gasteiger partial charge in [0.1, 0.15) is 23.2 Å². The first-order valence-electron chi connectivity index (χ1n) is 6.66. The van der Waals surface area contributed by atoms with Crippen LogP contribution in [0.5, 0.6) is 5.75 Å². The van der Waals surface area contributed by atoms with Gasteiger partial charge in [-0.05, 0) is 24.3 Å². The van der Waals surface area contributed by atoms with Crippen LogP contribution in [-0.4, -0.2) is 25.6 Å². The number of hydrogen-bond acceptors (Lipinski definition) is 4. The average Bonchev–Trinajstić information content (AvgIpc) is 2.55. The number of benzene rings is 2. The second-order valence-electron chi connectivity index (χ2n) is 4.59. The van der Waals surface area contributed by atoms with E-state index in [0.717, 1.165) is 24.3 Å². The van der Waals surface area contributed by atoms with Crippen LogP contribution in [0, 0.1) is 17.5 Å². The SMILES string of the molecule is COc1ccc(C(=O)OCC(=O)Nc2ccc(F)cc2F)c(F)c1. The third-order valence-electron chi connectivity index (χ3n) is 2.94. The largest absolute Gasteiger partial charge is 0.497 e. The van der Waals surface area contributed by atoms with Crippen LogP contribution in [-0.2, 0) is 9.53 Å². The number of anilines is 1. The van der Waals surface area contributed by atoms with Gasteiger partial charge in [-0.2, -0.15) is 0 Å². The maximum atomic E-state index is 13.7. The van der Waals surface area contributed by atoms with Crippen molar-refractivity contribution in [3.63, 3.8) is 0 Å². The summed E-state index contributed by atoms with van der Waals surface area (Å²) in [4.78, 5) is 23.3. The molecule has 0 aliphatic heterocycles. The predicted octanol–water partition coefficient (Wildman–Crippen LogP) is 2.91. The van der Waals surface area contributed by atoms with Gasteiger partial charge in [-0.15, -0.1) is 0 Å². The Morgan fingerprint density at radius 3 is 2.42 bits per heavy atom. The monoisotopic (exact) mass is 339 g/mol. The summed E-state index contributed by atoms with van der Waals surface area (Å²) >= 11 is 0. The van der Waals surface area contributed by atoms with Gasteiger partial charge < -0.3 is 14.8 Å². The first-order chi connectivity index (χ1) is 11.4. The fraction of sp³-hybridized carbons (Fsp3) is 0.125. The quantitative estimate of drug-likeness (QED) is 0.851. The van der Waals surface area contributed by atoms with E-state index in [1.54, 1.807) is 0 Å². The number of esters is 1. The van der Waals surface area contributed by atoms with Gasteiger partial charge in [-0.3, -0.25) is 4.79 Å². The lowest BCUT2D eigenvalue weighted by Crippen LogP contribution is -2.22. The molecule has 0 aromatic heterocycles. The summed E-state index contributed by atoms with van der Waals surface area (Å²) in [5, 5.41) is 2.11. The molecule has 0 aliphatic carbocycles. The fourth-order valence-corrected chi connectivity index (χ4v) is 1.77. The number of amides is 1. The van der Waals surface area contributed by atoms with E-state index in [2.05, 4.69) is 10.1 Å². The first-order valence-corrected chi connectivity index (χ1v) is 6.66. The number of rotatable bonds is 5. The van der Waals surface area contributed by atoms with Gasteiger partial charge >= 0.3 is 5.97 Å². The number of ether oxygens (including phenoxy) is 2. The van der Waals surface area contributed by atoms with Crippen LogP contribution in [0.4, 0.5) is 18.9 Å². The molecule has 0 saturated carbocycles. The van der Waals surface area contributed by atoms with Crippen molar-refractivity contribution in [2.75, 3.05) is 19.0 Å². The van der Waals surface area contributed by atoms with Crippen molar-refractivity contribution in [1.82, 2.24) is 0 Å². The van der Waals surface area contributed by atoms with E-state index in [4.69, 9.17) is 4.74 Å². The zero-order chi connectivity index (χ0) is 17.7. The smallest absolute Gasteiger partial charge is 0.341 e. The molecule has 24 heavy (non-hydrogen) atoms. The van der Waals surface area contributed by atoms with Gasteiger partial charge in [0.25, 0.3) is 5.91 Å². The highest BCUT2D eigenvalue weighted by Crippen LogP contribution is 2.17. The van der Waals surface area contributed by atoms with Crippen LogP contribution in [0.15, 0.2) is 36.4 Å². The molecule has 2 aromatic rings. The van der Waals surface area contributed by atoms with Gasteiger partial charge in [0.15, 0.2) is 6.61 Å².